The molecule has 1 aromatic rings. The molecule has 0 saturated carbocycles. The van der Waals surface area contributed by atoms with Crippen molar-refractivity contribution in [2.45, 2.75) is 59.4 Å². The standard InChI is InChI=1S/C18H32N.ClH/c1-5-8-15-19(7-3,16-9-6-2)17(4)18-13-11-10-12-14-18;/h10-14,17H,5-9,15-16H2,1-4H3;1H/q+1;/p-1. The van der Waals surface area contributed by atoms with Crippen LogP contribution >= 0.6 is 0 Å². The van der Waals surface area contributed by atoms with E-state index in [2.05, 4.69) is 58.0 Å². The van der Waals surface area contributed by atoms with Crippen molar-refractivity contribution in [3.8, 4) is 0 Å². The highest BCUT2D eigenvalue weighted by atomic mass is 35.5. The van der Waals surface area contributed by atoms with Crippen molar-refractivity contribution in [2.75, 3.05) is 19.6 Å². The molecule has 116 valence electrons. The van der Waals surface area contributed by atoms with Crippen LogP contribution in [0.15, 0.2) is 30.3 Å². The molecule has 0 fully saturated rings. The molecular weight excluding hydrogens is 266 g/mol. The van der Waals surface area contributed by atoms with Gasteiger partial charge in [-0.05, 0) is 26.7 Å². The molecule has 0 aliphatic rings. The van der Waals surface area contributed by atoms with Crippen LogP contribution in [0.2, 0.25) is 0 Å². The summed E-state index contributed by atoms with van der Waals surface area (Å²) in [5.74, 6) is 0. The summed E-state index contributed by atoms with van der Waals surface area (Å²) >= 11 is 0. The normalized spacial score (nSPS) is 12.8. The molecule has 0 heterocycles. The minimum Gasteiger partial charge on any atom is -1.00 e. The Morgan fingerprint density at radius 3 is 1.80 bits per heavy atom. The molecule has 0 radical (unpaired) electrons. The van der Waals surface area contributed by atoms with Crippen LogP contribution in [-0.4, -0.2) is 24.1 Å². The van der Waals surface area contributed by atoms with E-state index < -0.39 is 0 Å². The Hall–Kier alpha value is -0.530. The molecule has 1 nitrogen and oxygen atoms in total. The quantitative estimate of drug-likeness (QED) is 0.613. The topological polar surface area (TPSA) is 0 Å². The average molecular weight is 298 g/mol. The van der Waals surface area contributed by atoms with Gasteiger partial charge in [0.2, 0.25) is 0 Å². The van der Waals surface area contributed by atoms with Crippen molar-refractivity contribution in [3.05, 3.63) is 35.9 Å². The minimum absolute atomic E-state index is 0. The van der Waals surface area contributed by atoms with Gasteiger partial charge in [0.25, 0.3) is 0 Å². The second-order valence-electron chi connectivity index (χ2n) is 5.78. The Morgan fingerprint density at radius 2 is 1.40 bits per heavy atom. The van der Waals surface area contributed by atoms with Gasteiger partial charge in [-0.1, -0.05) is 57.0 Å². The Kier molecular flexibility index (Phi) is 9.96. The van der Waals surface area contributed by atoms with Crippen LogP contribution in [0.3, 0.4) is 0 Å². The zero-order valence-electron chi connectivity index (χ0n) is 13.7. The molecule has 0 saturated heterocycles. The lowest BCUT2D eigenvalue weighted by Gasteiger charge is -2.43. The number of quaternary nitrogens is 1. The highest BCUT2D eigenvalue weighted by molar-refractivity contribution is 5.16. The highest BCUT2D eigenvalue weighted by Crippen LogP contribution is 2.29. The van der Waals surface area contributed by atoms with Gasteiger partial charge in [0.1, 0.15) is 6.04 Å². The summed E-state index contributed by atoms with van der Waals surface area (Å²) in [4.78, 5) is 0. The van der Waals surface area contributed by atoms with E-state index in [9.17, 15) is 0 Å². The molecule has 0 aliphatic carbocycles. The van der Waals surface area contributed by atoms with Crippen LogP contribution in [0.5, 0.6) is 0 Å². The van der Waals surface area contributed by atoms with Gasteiger partial charge in [-0.3, -0.25) is 0 Å². The number of benzene rings is 1. The smallest absolute Gasteiger partial charge is 0.112 e. The van der Waals surface area contributed by atoms with Gasteiger partial charge < -0.3 is 16.9 Å². The van der Waals surface area contributed by atoms with E-state index in [1.54, 1.807) is 0 Å². The third kappa shape index (κ3) is 5.10. The summed E-state index contributed by atoms with van der Waals surface area (Å²) < 4.78 is 1.26. The van der Waals surface area contributed by atoms with Gasteiger partial charge in [-0.15, -0.1) is 0 Å². The molecule has 0 N–H and O–H groups in total. The monoisotopic (exact) mass is 297 g/mol. The van der Waals surface area contributed by atoms with E-state index in [1.165, 1.54) is 55.4 Å². The van der Waals surface area contributed by atoms with E-state index in [1.807, 2.05) is 0 Å². The zero-order valence-corrected chi connectivity index (χ0v) is 14.5. The van der Waals surface area contributed by atoms with E-state index in [-0.39, 0.29) is 12.4 Å². The molecule has 2 heteroatoms. The van der Waals surface area contributed by atoms with Gasteiger partial charge in [0.15, 0.2) is 0 Å². The molecular formula is C18H32ClN. The lowest BCUT2D eigenvalue weighted by Crippen LogP contribution is -3.00. The number of rotatable bonds is 9. The van der Waals surface area contributed by atoms with Crippen molar-refractivity contribution in [3.63, 3.8) is 0 Å². The summed E-state index contributed by atoms with van der Waals surface area (Å²) in [6.45, 7) is 13.3. The van der Waals surface area contributed by atoms with E-state index in [4.69, 9.17) is 0 Å². The number of halogens is 1. The molecule has 1 atom stereocenters. The minimum atomic E-state index is 0. The van der Waals surface area contributed by atoms with Crippen LogP contribution in [0, 0.1) is 0 Å². The Bertz CT molecular complexity index is 329. The van der Waals surface area contributed by atoms with Crippen molar-refractivity contribution in [2.24, 2.45) is 0 Å². The van der Waals surface area contributed by atoms with Gasteiger partial charge in [-0.25, -0.2) is 0 Å². The molecule has 0 aliphatic heterocycles. The van der Waals surface area contributed by atoms with Crippen molar-refractivity contribution < 1.29 is 16.9 Å². The Balaban J connectivity index is 0.00000361. The Morgan fingerprint density at radius 1 is 0.900 bits per heavy atom. The first-order chi connectivity index (χ1) is 9.20. The van der Waals surface area contributed by atoms with Crippen LogP contribution in [0.1, 0.15) is 65.0 Å². The van der Waals surface area contributed by atoms with Crippen molar-refractivity contribution in [1.82, 2.24) is 0 Å². The number of unbranched alkanes of at least 4 members (excludes halogenated alkanes) is 2. The first-order valence-electron chi connectivity index (χ1n) is 8.10. The Labute approximate surface area is 132 Å². The summed E-state index contributed by atoms with van der Waals surface area (Å²) in [7, 11) is 0. The summed E-state index contributed by atoms with van der Waals surface area (Å²) in [5.41, 5.74) is 1.50. The van der Waals surface area contributed by atoms with Gasteiger partial charge >= 0.3 is 0 Å². The maximum atomic E-state index is 2.42. The maximum absolute atomic E-state index is 2.42. The predicted octanol–water partition coefficient (Wildman–Crippen LogP) is 2.19. The molecule has 20 heavy (non-hydrogen) atoms. The van der Waals surface area contributed by atoms with Crippen LogP contribution in [-0.2, 0) is 0 Å². The van der Waals surface area contributed by atoms with Gasteiger partial charge in [-0.2, -0.15) is 0 Å². The molecule has 0 bridgehead atoms. The van der Waals surface area contributed by atoms with Crippen LogP contribution in [0.25, 0.3) is 0 Å². The van der Waals surface area contributed by atoms with Crippen LogP contribution < -0.4 is 12.4 Å². The van der Waals surface area contributed by atoms with Gasteiger partial charge in [0, 0.05) is 5.56 Å². The molecule has 1 unspecified atom stereocenters. The molecule has 0 aromatic heterocycles. The second kappa shape index (κ2) is 10.2. The largest absolute Gasteiger partial charge is 1.00 e. The van der Waals surface area contributed by atoms with E-state index in [0.29, 0.717) is 6.04 Å². The summed E-state index contributed by atoms with van der Waals surface area (Å²) in [6, 6.07) is 11.7. The van der Waals surface area contributed by atoms with Crippen molar-refractivity contribution >= 4 is 0 Å². The van der Waals surface area contributed by atoms with E-state index >= 15 is 0 Å². The third-order valence-corrected chi connectivity index (χ3v) is 4.65. The number of nitrogens with zero attached hydrogens (tertiary/aromatic N) is 1. The van der Waals surface area contributed by atoms with E-state index in [0.717, 1.165) is 0 Å². The summed E-state index contributed by atoms with van der Waals surface area (Å²) in [6.07, 6.45) is 5.28. The van der Waals surface area contributed by atoms with Gasteiger partial charge in [0.05, 0.1) is 19.6 Å². The number of hydrogen-bond acceptors (Lipinski definition) is 0. The van der Waals surface area contributed by atoms with Crippen LogP contribution in [0.4, 0.5) is 0 Å². The molecule has 1 aromatic carbocycles. The lowest BCUT2D eigenvalue weighted by atomic mass is 10.0. The lowest BCUT2D eigenvalue weighted by molar-refractivity contribution is -0.954. The number of hydrogen-bond donors (Lipinski definition) is 0. The highest BCUT2D eigenvalue weighted by Gasteiger charge is 2.32. The molecule has 1 rings (SSSR count). The fraction of sp³-hybridized carbons (Fsp3) is 0.667. The van der Waals surface area contributed by atoms with Crippen molar-refractivity contribution in [1.29, 1.82) is 0 Å². The first-order valence-corrected chi connectivity index (χ1v) is 8.10. The maximum Gasteiger partial charge on any atom is 0.112 e. The predicted molar refractivity (Wildman–Crippen MR) is 85.2 cm³/mol. The fourth-order valence-corrected chi connectivity index (χ4v) is 3.08. The second-order valence-corrected chi connectivity index (χ2v) is 5.78. The SMILES string of the molecule is CCCC[N+](CC)(CCCC)C(C)c1ccccc1.[Cl-]. The third-order valence-electron chi connectivity index (χ3n) is 4.65. The molecule has 0 amide bonds. The summed E-state index contributed by atoms with van der Waals surface area (Å²) in [5, 5.41) is 0. The average Bonchev–Trinajstić information content (AvgIpc) is 2.48. The molecule has 0 spiro atoms. The zero-order chi connectivity index (χ0) is 14.1. The fourth-order valence-electron chi connectivity index (χ4n) is 3.08. The first kappa shape index (κ1) is 19.5.